The summed E-state index contributed by atoms with van der Waals surface area (Å²) in [6.07, 6.45) is 0.323. The Bertz CT molecular complexity index is 928. The number of nitrogens with zero attached hydrogens (tertiary/aromatic N) is 1. The number of benzene rings is 2. The van der Waals surface area contributed by atoms with E-state index in [1.807, 2.05) is 24.3 Å². The summed E-state index contributed by atoms with van der Waals surface area (Å²) < 4.78 is 21.2. The van der Waals surface area contributed by atoms with Gasteiger partial charge in [-0.15, -0.1) is 0 Å². The van der Waals surface area contributed by atoms with Gasteiger partial charge < -0.3 is 29.1 Å². The van der Waals surface area contributed by atoms with E-state index in [0.717, 1.165) is 11.1 Å². The number of nitrogens with one attached hydrogen (secondary N) is 1. The maximum absolute atomic E-state index is 12.5. The van der Waals surface area contributed by atoms with Crippen molar-refractivity contribution in [3.05, 3.63) is 47.5 Å². The van der Waals surface area contributed by atoms with Crippen molar-refractivity contribution < 1.29 is 28.6 Å². The highest BCUT2D eigenvalue weighted by Gasteiger charge is 2.30. The van der Waals surface area contributed by atoms with Gasteiger partial charge in [0.2, 0.25) is 6.10 Å². The number of methoxy groups -OCH3 is 4. The molecule has 0 bridgehead atoms. The summed E-state index contributed by atoms with van der Waals surface area (Å²) in [6.45, 7) is 0.464. The lowest BCUT2D eigenvalue weighted by atomic mass is 10.0. The van der Waals surface area contributed by atoms with Crippen molar-refractivity contribution >= 4 is 11.6 Å². The molecule has 3 rings (SSSR count). The lowest BCUT2D eigenvalue weighted by Gasteiger charge is -2.12. The summed E-state index contributed by atoms with van der Waals surface area (Å²) in [7, 11) is 6.36. The Morgan fingerprint density at radius 2 is 1.73 bits per heavy atom. The molecule has 0 aromatic heterocycles. The fraction of sp³-hybridized carbons (Fsp3) is 0.364. The van der Waals surface area contributed by atoms with Gasteiger partial charge in [0.25, 0.3) is 5.91 Å². The lowest BCUT2D eigenvalue weighted by molar-refractivity contribution is -0.131. The van der Waals surface area contributed by atoms with Crippen LogP contribution in [0.4, 0.5) is 0 Å². The Hall–Kier alpha value is -3.42. The van der Waals surface area contributed by atoms with Crippen molar-refractivity contribution in [1.29, 1.82) is 0 Å². The van der Waals surface area contributed by atoms with Gasteiger partial charge in [-0.05, 0) is 42.3 Å². The first kappa shape index (κ1) is 21.3. The van der Waals surface area contributed by atoms with E-state index in [1.54, 1.807) is 40.6 Å². The second-order valence-electron chi connectivity index (χ2n) is 6.63. The van der Waals surface area contributed by atoms with E-state index < -0.39 is 6.10 Å². The number of oxime groups is 1. The number of amides is 1. The predicted octanol–water partition coefficient (Wildman–Crippen LogP) is 2.57. The summed E-state index contributed by atoms with van der Waals surface area (Å²) in [5.41, 5.74) is 2.42. The fourth-order valence-electron chi connectivity index (χ4n) is 3.20. The van der Waals surface area contributed by atoms with Gasteiger partial charge in [-0.2, -0.15) is 0 Å². The van der Waals surface area contributed by atoms with Crippen LogP contribution in [0.2, 0.25) is 0 Å². The maximum atomic E-state index is 12.5. The average Bonchev–Trinajstić information content (AvgIpc) is 3.28. The first-order valence-corrected chi connectivity index (χ1v) is 9.53. The predicted molar refractivity (Wildman–Crippen MR) is 112 cm³/mol. The molecule has 2 aromatic carbocycles. The second kappa shape index (κ2) is 9.87. The van der Waals surface area contributed by atoms with Crippen LogP contribution in [0.25, 0.3) is 0 Å². The molecule has 1 N–H and O–H groups in total. The van der Waals surface area contributed by atoms with Crippen molar-refractivity contribution in [3.8, 4) is 23.0 Å². The molecular formula is C22H26N2O6. The zero-order chi connectivity index (χ0) is 21.5. The summed E-state index contributed by atoms with van der Waals surface area (Å²) in [4.78, 5) is 17.9. The monoisotopic (exact) mass is 414 g/mol. The minimum absolute atomic E-state index is 0.212. The van der Waals surface area contributed by atoms with Gasteiger partial charge in [-0.1, -0.05) is 11.2 Å². The number of ether oxygens (including phenoxy) is 4. The molecule has 160 valence electrons. The van der Waals surface area contributed by atoms with E-state index in [1.165, 1.54) is 0 Å². The molecule has 30 heavy (non-hydrogen) atoms. The van der Waals surface area contributed by atoms with Crippen molar-refractivity contribution in [1.82, 2.24) is 5.32 Å². The van der Waals surface area contributed by atoms with Gasteiger partial charge in [0, 0.05) is 18.5 Å². The summed E-state index contributed by atoms with van der Waals surface area (Å²) in [6, 6.07) is 11.1. The normalized spacial score (nSPS) is 15.1. The van der Waals surface area contributed by atoms with Crippen LogP contribution in [-0.2, 0) is 16.1 Å². The van der Waals surface area contributed by atoms with Gasteiger partial charge in [0.1, 0.15) is 11.5 Å². The molecule has 1 heterocycles. The van der Waals surface area contributed by atoms with Crippen LogP contribution in [-0.4, -0.2) is 52.7 Å². The van der Waals surface area contributed by atoms with E-state index in [-0.39, 0.29) is 5.91 Å². The van der Waals surface area contributed by atoms with Gasteiger partial charge in [-0.25, -0.2) is 0 Å². The van der Waals surface area contributed by atoms with Gasteiger partial charge >= 0.3 is 0 Å². The van der Waals surface area contributed by atoms with E-state index in [0.29, 0.717) is 48.1 Å². The van der Waals surface area contributed by atoms with Crippen LogP contribution in [0.15, 0.2) is 41.6 Å². The largest absolute Gasteiger partial charge is 0.497 e. The molecule has 0 saturated heterocycles. The smallest absolute Gasteiger partial charge is 0.264 e. The van der Waals surface area contributed by atoms with E-state index in [2.05, 4.69) is 10.5 Å². The van der Waals surface area contributed by atoms with Crippen molar-refractivity contribution in [2.45, 2.75) is 18.9 Å². The van der Waals surface area contributed by atoms with Crippen molar-refractivity contribution in [3.63, 3.8) is 0 Å². The first-order chi connectivity index (χ1) is 14.6. The van der Waals surface area contributed by atoms with Crippen LogP contribution in [0.1, 0.15) is 17.5 Å². The molecule has 1 amide bonds. The topological polar surface area (TPSA) is 87.6 Å². The van der Waals surface area contributed by atoms with Crippen LogP contribution in [0, 0.1) is 0 Å². The molecule has 2 aromatic rings. The maximum Gasteiger partial charge on any atom is 0.264 e. The van der Waals surface area contributed by atoms with E-state index in [9.17, 15) is 4.79 Å². The van der Waals surface area contributed by atoms with Gasteiger partial charge in [0.05, 0.1) is 34.2 Å². The number of carbonyl (C=O) groups excluding carboxylic acids is 1. The highest BCUT2D eigenvalue weighted by molar-refractivity contribution is 6.06. The molecule has 8 nitrogen and oxygen atoms in total. The third kappa shape index (κ3) is 4.76. The Balaban J connectivity index is 1.55. The SMILES string of the molecule is COc1ccc(OC)c(C2=NOC(C(=O)NCCc3ccc(OC)c(OC)c3)C2)c1. The van der Waals surface area contributed by atoms with E-state index in [4.69, 9.17) is 23.8 Å². The van der Waals surface area contributed by atoms with Gasteiger partial charge in [0.15, 0.2) is 11.5 Å². The Morgan fingerprint density at radius 1 is 1.00 bits per heavy atom. The Kier molecular flexibility index (Phi) is 7.00. The summed E-state index contributed by atoms with van der Waals surface area (Å²) >= 11 is 0. The highest BCUT2D eigenvalue weighted by atomic mass is 16.6. The van der Waals surface area contributed by atoms with Crippen LogP contribution < -0.4 is 24.3 Å². The number of rotatable bonds is 9. The molecule has 1 aliphatic rings. The second-order valence-corrected chi connectivity index (χ2v) is 6.63. The molecule has 8 heteroatoms. The molecule has 0 spiro atoms. The Labute approximate surface area is 175 Å². The third-order valence-corrected chi connectivity index (χ3v) is 4.84. The summed E-state index contributed by atoms with van der Waals surface area (Å²) in [5.74, 6) is 2.44. The van der Waals surface area contributed by atoms with Crippen LogP contribution >= 0.6 is 0 Å². The number of carbonyl (C=O) groups is 1. The average molecular weight is 414 g/mol. The van der Waals surface area contributed by atoms with Crippen LogP contribution in [0.5, 0.6) is 23.0 Å². The molecule has 1 aliphatic heterocycles. The molecular weight excluding hydrogens is 388 g/mol. The van der Waals surface area contributed by atoms with Crippen molar-refractivity contribution in [2.24, 2.45) is 5.16 Å². The van der Waals surface area contributed by atoms with Gasteiger partial charge in [-0.3, -0.25) is 4.79 Å². The molecule has 1 unspecified atom stereocenters. The molecule has 1 atom stereocenters. The fourth-order valence-corrected chi connectivity index (χ4v) is 3.20. The zero-order valence-corrected chi connectivity index (χ0v) is 17.6. The van der Waals surface area contributed by atoms with Crippen molar-refractivity contribution in [2.75, 3.05) is 35.0 Å². The number of hydrogen-bond acceptors (Lipinski definition) is 7. The molecule has 0 fully saturated rings. The quantitative estimate of drug-likeness (QED) is 0.679. The highest BCUT2D eigenvalue weighted by Crippen LogP contribution is 2.29. The molecule has 0 radical (unpaired) electrons. The minimum Gasteiger partial charge on any atom is -0.497 e. The molecule has 0 saturated carbocycles. The standard InChI is InChI=1S/C22H26N2O6/c1-26-15-6-8-18(27-2)16(12-15)17-13-21(30-24-17)22(25)23-10-9-14-5-7-19(28-3)20(11-14)29-4/h5-8,11-12,21H,9-10,13H2,1-4H3,(H,23,25). The molecule has 0 aliphatic carbocycles. The third-order valence-electron chi connectivity index (χ3n) is 4.84. The Morgan fingerprint density at radius 3 is 2.43 bits per heavy atom. The zero-order valence-electron chi connectivity index (χ0n) is 17.6. The van der Waals surface area contributed by atoms with Crippen LogP contribution in [0.3, 0.4) is 0 Å². The lowest BCUT2D eigenvalue weighted by Crippen LogP contribution is -2.36. The first-order valence-electron chi connectivity index (χ1n) is 9.53. The minimum atomic E-state index is -0.679. The number of hydrogen-bond donors (Lipinski definition) is 1. The van der Waals surface area contributed by atoms with E-state index >= 15 is 0 Å². The summed E-state index contributed by atoms with van der Waals surface area (Å²) in [5, 5.41) is 6.99.